The number of aliphatic hydroxyl groups is 1. The van der Waals surface area contributed by atoms with Crippen LogP contribution in [-0.4, -0.2) is 29.1 Å². The van der Waals surface area contributed by atoms with Gasteiger partial charge in [-0.3, -0.25) is 9.98 Å². The van der Waals surface area contributed by atoms with Gasteiger partial charge in [0.15, 0.2) is 17.6 Å². The van der Waals surface area contributed by atoms with Crippen molar-refractivity contribution in [2.24, 2.45) is 4.99 Å². The summed E-state index contributed by atoms with van der Waals surface area (Å²) in [5, 5.41) is 16.4. The fourth-order valence-corrected chi connectivity index (χ4v) is 2.26. The van der Waals surface area contributed by atoms with Crippen molar-refractivity contribution in [1.82, 2.24) is 15.6 Å². The Morgan fingerprint density at radius 1 is 1.16 bits per heavy atom. The molecule has 0 fully saturated rings. The van der Waals surface area contributed by atoms with Gasteiger partial charge in [-0.05, 0) is 49.2 Å². The first-order chi connectivity index (χ1) is 12.0. The lowest BCUT2D eigenvalue weighted by Crippen LogP contribution is -2.39. The van der Waals surface area contributed by atoms with Crippen LogP contribution >= 0.6 is 0 Å². The first kappa shape index (κ1) is 18.8. The Bertz CT molecular complexity index is 709. The van der Waals surface area contributed by atoms with E-state index in [0.717, 1.165) is 17.7 Å². The lowest BCUT2D eigenvalue weighted by molar-refractivity contribution is 0.187. The molecule has 0 spiro atoms. The number of aliphatic hydroxyl groups excluding tert-OH is 1. The molecule has 0 saturated heterocycles. The highest BCUT2D eigenvalue weighted by Gasteiger charge is 2.12. The predicted molar refractivity (Wildman–Crippen MR) is 93.1 cm³/mol. The third kappa shape index (κ3) is 5.49. The second-order valence-electron chi connectivity index (χ2n) is 5.56. The minimum absolute atomic E-state index is 0.157. The monoisotopic (exact) mass is 348 g/mol. The summed E-state index contributed by atoms with van der Waals surface area (Å²) in [5.74, 6) is -1.29. The number of benzene rings is 1. The average molecular weight is 348 g/mol. The van der Waals surface area contributed by atoms with Gasteiger partial charge < -0.3 is 15.7 Å². The van der Waals surface area contributed by atoms with Crippen LogP contribution in [-0.2, 0) is 0 Å². The van der Waals surface area contributed by atoms with Crippen molar-refractivity contribution in [3.63, 3.8) is 0 Å². The SMILES string of the molecule is CCNC(=NCC(O)c1ccncc1)NC(C)c1ccc(F)c(F)c1. The summed E-state index contributed by atoms with van der Waals surface area (Å²) < 4.78 is 26.4. The predicted octanol–water partition coefficient (Wildman–Crippen LogP) is 2.71. The van der Waals surface area contributed by atoms with Crippen molar-refractivity contribution in [3.05, 3.63) is 65.5 Å². The van der Waals surface area contributed by atoms with E-state index in [1.165, 1.54) is 6.07 Å². The summed E-state index contributed by atoms with van der Waals surface area (Å²) in [6.45, 7) is 4.52. The van der Waals surface area contributed by atoms with Gasteiger partial charge in [-0.15, -0.1) is 0 Å². The number of rotatable bonds is 6. The number of guanidine groups is 1. The quantitative estimate of drug-likeness (QED) is 0.555. The zero-order valence-corrected chi connectivity index (χ0v) is 14.2. The molecule has 0 saturated carbocycles. The normalized spacial score (nSPS) is 14.0. The van der Waals surface area contributed by atoms with Crippen LogP contribution in [0.15, 0.2) is 47.7 Å². The highest BCUT2D eigenvalue weighted by atomic mass is 19.2. The fraction of sp³-hybridized carbons (Fsp3) is 0.333. The molecule has 0 aliphatic carbocycles. The Labute approximate surface area is 145 Å². The molecule has 3 N–H and O–H groups in total. The minimum atomic E-state index is -0.888. The molecule has 0 aliphatic heterocycles. The Kier molecular flexibility index (Phi) is 6.82. The van der Waals surface area contributed by atoms with Crippen LogP contribution in [0.2, 0.25) is 0 Å². The smallest absolute Gasteiger partial charge is 0.191 e. The molecule has 134 valence electrons. The van der Waals surface area contributed by atoms with Crippen LogP contribution < -0.4 is 10.6 Å². The molecule has 25 heavy (non-hydrogen) atoms. The third-order valence-electron chi connectivity index (χ3n) is 3.65. The van der Waals surface area contributed by atoms with Crippen molar-refractivity contribution in [3.8, 4) is 0 Å². The second-order valence-corrected chi connectivity index (χ2v) is 5.56. The van der Waals surface area contributed by atoms with Crippen molar-refractivity contribution >= 4 is 5.96 Å². The molecule has 1 aromatic heterocycles. The summed E-state index contributed by atoms with van der Waals surface area (Å²) in [6, 6.07) is 6.94. The molecule has 1 heterocycles. The first-order valence-electron chi connectivity index (χ1n) is 8.09. The molecule has 0 aliphatic rings. The Balaban J connectivity index is 2.04. The van der Waals surface area contributed by atoms with Gasteiger partial charge in [0.25, 0.3) is 0 Å². The van der Waals surface area contributed by atoms with Gasteiger partial charge in [0, 0.05) is 18.9 Å². The molecule has 1 aromatic carbocycles. The van der Waals surface area contributed by atoms with E-state index in [9.17, 15) is 13.9 Å². The van der Waals surface area contributed by atoms with Crippen LogP contribution in [0.4, 0.5) is 8.78 Å². The van der Waals surface area contributed by atoms with Crippen molar-refractivity contribution in [2.75, 3.05) is 13.1 Å². The number of halogens is 2. The van der Waals surface area contributed by atoms with E-state index in [1.807, 2.05) is 13.8 Å². The highest BCUT2D eigenvalue weighted by molar-refractivity contribution is 5.80. The molecule has 2 aromatic rings. The number of pyridine rings is 1. The minimum Gasteiger partial charge on any atom is -0.386 e. The first-order valence-corrected chi connectivity index (χ1v) is 8.09. The zero-order valence-electron chi connectivity index (χ0n) is 14.2. The summed E-state index contributed by atoms with van der Waals surface area (Å²) in [7, 11) is 0. The molecular formula is C18H22F2N4O. The maximum absolute atomic E-state index is 13.4. The van der Waals surface area contributed by atoms with E-state index in [0.29, 0.717) is 18.1 Å². The van der Waals surface area contributed by atoms with E-state index in [2.05, 4.69) is 20.6 Å². The summed E-state index contributed by atoms with van der Waals surface area (Å²) in [5.41, 5.74) is 1.32. The number of hydrogen-bond donors (Lipinski definition) is 3. The number of aromatic nitrogens is 1. The number of nitrogens with one attached hydrogen (secondary N) is 2. The molecule has 0 amide bonds. The number of aliphatic imine (C=N–C) groups is 1. The van der Waals surface area contributed by atoms with Gasteiger partial charge in [-0.2, -0.15) is 0 Å². The highest BCUT2D eigenvalue weighted by Crippen LogP contribution is 2.16. The fourth-order valence-electron chi connectivity index (χ4n) is 2.26. The van der Waals surface area contributed by atoms with E-state index in [4.69, 9.17) is 0 Å². The Hall–Kier alpha value is -2.54. The maximum atomic E-state index is 13.4. The summed E-state index contributed by atoms with van der Waals surface area (Å²) >= 11 is 0. The summed E-state index contributed by atoms with van der Waals surface area (Å²) in [4.78, 5) is 8.26. The van der Waals surface area contributed by atoms with E-state index < -0.39 is 17.7 Å². The van der Waals surface area contributed by atoms with Gasteiger partial charge in [0.2, 0.25) is 0 Å². The van der Waals surface area contributed by atoms with E-state index in [-0.39, 0.29) is 12.6 Å². The third-order valence-corrected chi connectivity index (χ3v) is 3.65. The topological polar surface area (TPSA) is 69.5 Å². The summed E-state index contributed by atoms with van der Waals surface area (Å²) in [6.07, 6.45) is 2.46. The second kappa shape index (κ2) is 9.08. The van der Waals surface area contributed by atoms with Crippen LogP contribution in [0, 0.1) is 11.6 Å². The molecule has 7 heteroatoms. The van der Waals surface area contributed by atoms with Crippen molar-refractivity contribution in [2.45, 2.75) is 26.0 Å². The largest absolute Gasteiger partial charge is 0.386 e. The molecular weight excluding hydrogens is 326 g/mol. The van der Waals surface area contributed by atoms with Crippen LogP contribution in [0.5, 0.6) is 0 Å². The lowest BCUT2D eigenvalue weighted by atomic mass is 10.1. The average Bonchev–Trinajstić information content (AvgIpc) is 2.62. The standard InChI is InChI=1S/C18H22F2N4O/c1-3-22-18(23-11-17(25)13-6-8-21-9-7-13)24-12(2)14-4-5-15(19)16(20)10-14/h4-10,12,17,25H,3,11H2,1-2H3,(H2,22,23,24). The zero-order chi connectivity index (χ0) is 18.2. The molecule has 2 atom stereocenters. The van der Waals surface area contributed by atoms with Crippen molar-refractivity contribution < 1.29 is 13.9 Å². The van der Waals surface area contributed by atoms with E-state index >= 15 is 0 Å². The molecule has 5 nitrogen and oxygen atoms in total. The molecule has 2 rings (SSSR count). The van der Waals surface area contributed by atoms with Crippen LogP contribution in [0.3, 0.4) is 0 Å². The Morgan fingerprint density at radius 3 is 2.52 bits per heavy atom. The van der Waals surface area contributed by atoms with Crippen LogP contribution in [0.25, 0.3) is 0 Å². The van der Waals surface area contributed by atoms with Crippen molar-refractivity contribution in [1.29, 1.82) is 0 Å². The molecule has 2 unspecified atom stereocenters. The van der Waals surface area contributed by atoms with Crippen LogP contribution in [0.1, 0.15) is 37.1 Å². The van der Waals surface area contributed by atoms with E-state index in [1.54, 1.807) is 24.5 Å². The molecule has 0 bridgehead atoms. The van der Waals surface area contributed by atoms with Gasteiger partial charge >= 0.3 is 0 Å². The van der Waals surface area contributed by atoms with Gasteiger partial charge in [0.05, 0.1) is 18.7 Å². The van der Waals surface area contributed by atoms with Gasteiger partial charge in [-0.1, -0.05) is 6.07 Å². The Morgan fingerprint density at radius 2 is 1.88 bits per heavy atom. The maximum Gasteiger partial charge on any atom is 0.191 e. The number of nitrogens with zero attached hydrogens (tertiary/aromatic N) is 2. The lowest BCUT2D eigenvalue weighted by Gasteiger charge is -2.19. The van der Waals surface area contributed by atoms with Gasteiger partial charge in [-0.25, -0.2) is 8.78 Å². The molecule has 0 radical (unpaired) electrons. The number of hydrogen-bond acceptors (Lipinski definition) is 3. The van der Waals surface area contributed by atoms with Gasteiger partial charge in [0.1, 0.15) is 0 Å².